The summed E-state index contributed by atoms with van der Waals surface area (Å²) in [7, 11) is 1.74. The summed E-state index contributed by atoms with van der Waals surface area (Å²) in [4.78, 5) is 8.66. The van der Waals surface area contributed by atoms with Crippen LogP contribution in [0.1, 0.15) is 24.0 Å². The summed E-state index contributed by atoms with van der Waals surface area (Å²) in [5.41, 5.74) is 0.430. The number of anilines is 1. The van der Waals surface area contributed by atoms with E-state index >= 15 is 0 Å². The fourth-order valence-electron chi connectivity index (χ4n) is 4.35. The molecule has 2 atom stereocenters. The van der Waals surface area contributed by atoms with E-state index in [1.165, 1.54) is 12.1 Å². The molecule has 2 unspecified atom stereocenters. The largest absolute Gasteiger partial charge is 0.465 e. The molecule has 2 aliphatic heterocycles. The van der Waals surface area contributed by atoms with E-state index in [4.69, 9.17) is 9.15 Å². The minimum Gasteiger partial charge on any atom is -0.465 e. The van der Waals surface area contributed by atoms with Crippen LogP contribution in [0.15, 0.2) is 39.7 Å². The molecule has 2 saturated heterocycles. The zero-order valence-corrected chi connectivity index (χ0v) is 21.4. The average Bonchev–Trinajstić information content (AvgIpc) is 3.43. The second kappa shape index (κ2) is 12.0. The molecule has 0 saturated carbocycles. The van der Waals surface area contributed by atoms with Crippen molar-refractivity contribution in [3.8, 4) is 0 Å². The number of benzene rings is 1. The summed E-state index contributed by atoms with van der Waals surface area (Å²) in [6.45, 7) is 7.01. The lowest BCUT2D eigenvalue weighted by atomic mass is 10.1. The normalized spacial score (nSPS) is 20.4. The van der Waals surface area contributed by atoms with Crippen molar-refractivity contribution >= 4 is 35.6 Å². The molecule has 33 heavy (non-hydrogen) atoms. The quantitative estimate of drug-likeness (QED) is 0.313. The molecule has 0 aliphatic carbocycles. The third-order valence-corrected chi connectivity index (χ3v) is 6.04. The van der Waals surface area contributed by atoms with Gasteiger partial charge in [-0.05, 0) is 37.6 Å². The van der Waals surface area contributed by atoms with Crippen molar-refractivity contribution in [2.24, 2.45) is 4.99 Å². The third-order valence-electron chi connectivity index (χ3n) is 6.04. The number of furan rings is 1. The Bertz CT molecular complexity index is 935. The lowest BCUT2D eigenvalue weighted by Crippen LogP contribution is -2.48. The maximum Gasteiger partial charge on any atom is 0.191 e. The van der Waals surface area contributed by atoms with Gasteiger partial charge in [0, 0.05) is 51.9 Å². The summed E-state index contributed by atoms with van der Waals surface area (Å²) in [6, 6.07) is 7.91. The number of rotatable bonds is 6. The van der Waals surface area contributed by atoms with Crippen LogP contribution in [-0.2, 0) is 4.74 Å². The highest BCUT2D eigenvalue weighted by molar-refractivity contribution is 14.0. The number of hydrogen-bond donors (Lipinski definition) is 2. The highest BCUT2D eigenvalue weighted by Crippen LogP contribution is 2.25. The van der Waals surface area contributed by atoms with Crippen molar-refractivity contribution in [3.05, 3.63) is 53.5 Å². The van der Waals surface area contributed by atoms with Crippen LogP contribution in [0.25, 0.3) is 0 Å². The number of halogens is 3. The van der Waals surface area contributed by atoms with Crippen molar-refractivity contribution in [1.82, 2.24) is 15.5 Å². The van der Waals surface area contributed by atoms with Gasteiger partial charge in [0.25, 0.3) is 0 Å². The minimum atomic E-state index is -0.564. The van der Waals surface area contributed by atoms with Gasteiger partial charge >= 0.3 is 0 Å². The van der Waals surface area contributed by atoms with Crippen LogP contribution < -0.4 is 15.5 Å². The summed E-state index contributed by atoms with van der Waals surface area (Å²) >= 11 is 0. The molecule has 7 nitrogen and oxygen atoms in total. The zero-order valence-electron chi connectivity index (χ0n) is 19.0. The van der Waals surface area contributed by atoms with Crippen LogP contribution in [0, 0.1) is 18.6 Å². The van der Waals surface area contributed by atoms with Gasteiger partial charge in [0.1, 0.15) is 23.2 Å². The Balaban J connectivity index is 0.00000306. The molecule has 0 amide bonds. The van der Waals surface area contributed by atoms with Gasteiger partial charge in [0.2, 0.25) is 0 Å². The lowest BCUT2D eigenvalue weighted by molar-refractivity contribution is 0.0124. The highest BCUT2D eigenvalue weighted by Gasteiger charge is 2.28. The first-order valence-corrected chi connectivity index (χ1v) is 11.1. The Labute approximate surface area is 210 Å². The molecule has 1 aromatic carbocycles. The molecule has 2 fully saturated rings. The summed E-state index contributed by atoms with van der Waals surface area (Å²) in [5, 5.41) is 6.87. The first kappa shape index (κ1) is 25.7. The molecule has 182 valence electrons. The Kier molecular flexibility index (Phi) is 9.33. The molecule has 2 aliphatic rings. The van der Waals surface area contributed by atoms with E-state index in [1.807, 2.05) is 24.0 Å². The molecule has 0 radical (unpaired) electrons. The monoisotopic (exact) mass is 575 g/mol. The van der Waals surface area contributed by atoms with Gasteiger partial charge in [-0.15, -0.1) is 24.0 Å². The fourth-order valence-corrected chi connectivity index (χ4v) is 4.35. The van der Waals surface area contributed by atoms with Crippen LogP contribution in [-0.4, -0.2) is 69.9 Å². The van der Waals surface area contributed by atoms with Gasteiger partial charge in [-0.2, -0.15) is 0 Å². The topological polar surface area (TPSA) is 65.3 Å². The van der Waals surface area contributed by atoms with Crippen LogP contribution in [0.3, 0.4) is 0 Å². The molecule has 10 heteroatoms. The van der Waals surface area contributed by atoms with Gasteiger partial charge in [0.05, 0.1) is 24.9 Å². The first-order chi connectivity index (χ1) is 15.5. The molecule has 2 aromatic rings. The maximum atomic E-state index is 14.1. The number of morpholine rings is 1. The lowest BCUT2D eigenvalue weighted by Gasteiger charge is -2.33. The van der Waals surface area contributed by atoms with E-state index in [0.717, 1.165) is 37.1 Å². The van der Waals surface area contributed by atoms with Crippen LogP contribution in [0.5, 0.6) is 0 Å². The molecule has 0 spiro atoms. The van der Waals surface area contributed by atoms with E-state index in [9.17, 15) is 8.78 Å². The van der Waals surface area contributed by atoms with E-state index in [1.54, 1.807) is 7.05 Å². The maximum absolute atomic E-state index is 14.1. The first-order valence-electron chi connectivity index (χ1n) is 11.1. The van der Waals surface area contributed by atoms with Crippen LogP contribution >= 0.6 is 24.0 Å². The Hall–Kier alpha value is -1.92. The number of guanidine groups is 1. The molecule has 0 bridgehead atoms. The van der Waals surface area contributed by atoms with Gasteiger partial charge in [-0.25, -0.2) is 8.78 Å². The Morgan fingerprint density at radius 1 is 1.18 bits per heavy atom. The van der Waals surface area contributed by atoms with E-state index in [-0.39, 0.29) is 36.1 Å². The standard InChI is InChI=1S/C23H31F2N5O2.HI/c1-16-3-6-22(32-16)21(29-9-11-31-12-10-29)14-27-23(26-2)28-18-7-8-30(15-18)20-5-4-17(24)13-19(20)25;/h3-6,13,18,21H,7-12,14-15H2,1-2H3,(H2,26,27,28);1H. The molecular formula is C23H32F2IN5O2. The van der Waals surface area contributed by atoms with Gasteiger partial charge in [-0.1, -0.05) is 0 Å². The van der Waals surface area contributed by atoms with Crippen molar-refractivity contribution in [2.45, 2.75) is 25.4 Å². The van der Waals surface area contributed by atoms with Crippen molar-refractivity contribution in [2.75, 3.05) is 57.9 Å². The highest BCUT2D eigenvalue weighted by atomic mass is 127. The third kappa shape index (κ3) is 6.57. The summed E-state index contributed by atoms with van der Waals surface area (Å²) in [6.07, 6.45) is 0.835. The Morgan fingerprint density at radius 2 is 1.97 bits per heavy atom. The second-order valence-corrected chi connectivity index (χ2v) is 8.24. The van der Waals surface area contributed by atoms with E-state index < -0.39 is 11.6 Å². The van der Waals surface area contributed by atoms with E-state index in [0.29, 0.717) is 44.5 Å². The molecular weight excluding hydrogens is 543 g/mol. The minimum absolute atomic E-state index is 0. The number of ether oxygens (including phenoxy) is 1. The predicted octanol–water partition coefficient (Wildman–Crippen LogP) is 3.30. The van der Waals surface area contributed by atoms with Gasteiger partial charge < -0.3 is 24.7 Å². The summed E-state index contributed by atoms with van der Waals surface area (Å²) in [5.74, 6) is 1.41. The predicted molar refractivity (Wildman–Crippen MR) is 135 cm³/mol. The number of nitrogens with one attached hydrogen (secondary N) is 2. The number of hydrogen-bond acceptors (Lipinski definition) is 5. The summed E-state index contributed by atoms with van der Waals surface area (Å²) < 4.78 is 38.8. The smallest absolute Gasteiger partial charge is 0.191 e. The number of aryl methyl sites for hydroxylation is 1. The molecule has 2 N–H and O–H groups in total. The molecule has 4 rings (SSSR count). The van der Waals surface area contributed by atoms with Gasteiger partial charge in [0.15, 0.2) is 5.96 Å². The molecule has 1 aromatic heterocycles. The Morgan fingerprint density at radius 3 is 2.64 bits per heavy atom. The zero-order chi connectivity index (χ0) is 22.5. The fraction of sp³-hybridized carbons (Fsp3) is 0.522. The van der Waals surface area contributed by atoms with Crippen molar-refractivity contribution < 1.29 is 17.9 Å². The number of nitrogens with zero attached hydrogens (tertiary/aromatic N) is 3. The van der Waals surface area contributed by atoms with Gasteiger partial charge in [-0.3, -0.25) is 9.89 Å². The number of aliphatic imine (C=N–C) groups is 1. The van der Waals surface area contributed by atoms with Crippen molar-refractivity contribution in [3.63, 3.8) is 0 Å². The average molecular weight is 575 g/mol. The second-order valence-electron chi connectivity index (χ2n) is 8.24. The SMILES string of the molecule is CN=C(NCC(c1ccc(C)o1)N1CCOCC1)NC1CCN(c2ccc(F)cc2F)C1.I. The van der Waals surface area contributed by atoms with Crippen LogP contribution in [0.4, 0.5) is 14.5 Å². The van der Waals surface area contributed by atoms with Crippen molar-refractivity contribution in [1.29, 1.82) is 0 Å². The van der Waals surface area contributed by atoms with Crippen LogP contribution in [0.2, 0.25) is 0 Å². The molecule has 3 heterocycles. The van der Waals surface area contributed by atoms with E-state index in [2.05, 4.69) is 20.5 Å².